The molecule has 2 rings (SSSR count). The molecule has 0 saturated carbocycles. The Morgan fingerprint density at radius 1 is 1.26 bits per heavy atom. The Bertz CT molecular complexity index is 616. The number of carbonyl (C=O) groups is 1. The van der Waals surface area contributed by atoms with Gasteiger partial charge in [0.2, 0.25) is 0 Å². The summed E-state index contributed by atoms with van der Waals surface area (Å²) >= 11 is 0. The number of benzene rings is 1. The lowest BCUT2D eigenvalue weighted by atomic mass is 10.1. The van der Waals surface area contributed by atoms with Crippen molar-refractivity contribution in [3.05, 3.63) is 17.7 Å². The first kappa shape index (κ1) is 21.1. The SMILES string of the molecule is C=Nc1cc(OCCOCCOC)cc(OC2CCOCC2)c1C(=O)NC. The van der Waals surface area contributed by atoms with E-state index in [9.17, 15) is 4.79 Å². The molecule has 1 heterocycles. The molecule has 1 aromatic carbocycles. The normalized spacial score (nSPS) is 14.6. The molecule has 0 aromatic heterocycles. The van der Waals surface area contributed by atoms with E-state index in [1.54, 1.807) is 26.3 Å². The van der Waals surface area contributed by atoms with E-state index in [0.29, 0.717) is 62.4 Å². The van der Waals surface area contributed by atoms with Gasteiger partial charge < -0.3 is 29.0 Å². The van der Waals surface area contributed by atoms with Gasteiger partial charge in [-0.05, 0) is 6.72 Å². The van der Waals surface area contributed by atoms with E-state index in [0.717, 1.165) is 12.8 Å². The lowest BCUT2D eigenvalue weighted by molar-refractivity contribution is 0.0250. The number of hydrogen-bond donors (Lipinski definition) is 1. The van der Waals surface area contributed by atoms with Crippen LogP contribution in [0.25, 0.3) is 0 Å². The van der Waals surface area contributed by atoms with Crippen molar-refractivity contribution in [2.24, 2.45) is 4.99 Å². The van der Waals surface area contributed by atoms with Gasteiger partial charge in [0, 0.05) is 39.1 Å². The molecular weight excluding hydrogens is 352 g/mol. The summed E-state index contributed by atoms with van der Waals surface area (Å²) in [6.07, 6.45) is 1.51. The molecule has 1 saturated heterocycles. The summed E-state index contributed by atoms with van der Waals surface area (Å²) in [5.41, 5.74) is 0.761. The highest BCUT2D eigenvalue weighted by atomic mass is 16.5. The van der Waals surface area contributed by atoms with Gasteiger partial charge >= 0.3 is 0 Å². The molecule has 1 amide bonds. The molecule has 0 radical (unpaired) electrons. The van der Waals surface area contributed by atoms with Crippen molar-refractivity contribution in [3.8, 4) is 11.5 Å². The van der Waals surface area contributed by atoms with Crippen molar-refractivity contribution in [2.75, 3.05) is 53.8 Å². The molecule has 150 valence electrons. The van der Waals surface area contributed by atoms with Gasteiger partial charge in [-0.1, -0.05) is 0 Å². The Balaban J connectivity index is 2.13. The van der Waals surface area contributed by atoms with Gasteiger partial charge in [-0.25, -0.2) is 0 Å². The van der Waals surface area contributed by atoms with Gasteiger partial charge in [0.15, 0.2) is 0 Å². The number of methoxy groups -OCH3 is 1. The van der Waals surface area contributed by atoms with Gasteiger partial charge in [0.25, 0.3) is 5.91 Å². The summed E-state index contributed by atoms with van der Waals surface area (Å²) in [4.78, 5) is 16.3. The molecule has 1 N–H and O–H groups in total. The molecular formula is C19H28N2O6. The van der Waals surface area contributed by atoms with Gasteiger partial charge in [0.05, 0.1) is 38.7 Å². The number of rotatable bonds is 11. The van der Waals surface area contributed by atoms with Crippen LogP contribution in [0, 0.1) is 0 Å². The van der Waals surface area contributed by atoms with Crippen LogP contribution >= 0.6 is 0 Å². The minimum Gasteiger partial charge on any atom is -0.491 e. The van der Waals surface area contributed by atoms with E-state index in [1.165, 1.54) is 0 Å². The second-order valence-electron chi connectivity index (χ2n) is 5.94. The Labute approximate surface area is 159 Å². The molecule has 8 heteroatoms. The van der Waals surface area contributed by atoms with Crippen LogP contribution in [0.1, 0.15) is 23.2 Å². The molecule has 1 aromatic rings. The van der Waals surface area contributed by atoms with Crippen LogP contribution in [0.3, 0.4) is 0 Å². The first-order chi connectivity index (χ1) is 13.2. The number of hydrogen-bond acceptors (Lipinski definition) is 7. The van der Waals surface area contributed by atoms with E-state index in [-0.39, 0.29) is 12.0 Å². The fourth-order valence-corrected chi connectivity index (χ4v) is 2.67. The molecule has 1 aliphatic rings. The summed E-state index contributed by atoms with van der Waals surface area (Å²) in [7, 11) is 3.19. The Morgan fingerprint density at radius 2 is 2.00 bits per heavy atom. The van der Waals surface area contributed by atoms with E-state index in [2.05, 4.69) is 17.0 Å². The number of nitrogens with zero attached hydrogens (tertiary/aromatic N) is 1. The van der Waals surface area contributed by atoms with E-state index >= 15 is 0 Å². The van der Waals surface area contributed by atoms with Gasteiger partial charge in [-0.3, -0.25) is 9.79 Å². The van der Waals surface area contributed by atoms with Crippen molar-refractivity contribution in [1.82, 2.24) is 5.32 Å². The Kier molecular flexibility index (Phi) is 9.03. The highest BCUT2D eigenvalue weighted by Gasteiger charge is 2.23. The van der Waals surface area contributed by atoms with Crippen molar-refractivity contribution >= 4 is 18.3 Å². The second-order valence-corrected chi connectivity index (χ2v) is 5.94. The predicted octanol–water partition coefficient (Wildman–Crippen LogP) is 1.98. The average Bonchev–Trinajstić information content (AvgIpc) is 2.70. The average molecular weight is 380 g/mol. The summed E-state index contributed by atoms with van der Waals surface area (Å²) in [5.74, 6) is 0.692. The lowest BCUT2D eigenvalue weighted by Gasteiger charge is -2.25. The highest BCUT2D eigenvalue weighted by Crippen LogP contribution is 2.35. The standard InChI is InChI=1S/C19H28N2O6/c1-20-16-12-15(26-11-10-25-9-8-23-3)13-17(18(16)19(22)21-2)27-14-4-6-24-7-5-14/h12-14H,1,4-11H2,2-3H3,(H,21,22). The van der Waals surface area contributed by atoms with E-state index in [4.69, 9.17) is 23.7 Å². The molecule has 1 aliphatic heterocycles. The van der Waals surface area contributed by atoms with Crippen molar-refractivity contribution < 1.29 is 28.5 Å². The lowest BCUT2D eigenvalue weighted by Crippen LogP contribution is -2.27. The maximum atomic E-state index is 12.4. The topological polar surface area (TPSA) is 87.6 Å². The maximum absolute atomic E-state index is 12.4. The van der Waals surface area contributed by atoms with Crippen LogP contribution in [0.15, 0.2) is 17.1 Å². The van der Waals surface area contributed by atoms with Gasteiger partial charge in [-0.15, -0.1) is 0 Å². The number of carbonyl (C=O) groups excluding carboxylic acids is 1. The zero-order chi connectivity index (χ0) is 19.5. The Morgan fingerprint density at radius 3 is 2.67 bits per heavy atom. The quantitative estimate of drug-likeness (QED) is 0.467. The summed E-state index contributed by atoms with van der Waals surface area (Å²) in [6.45, 7) is 6.67. The van der Waals surface area contributed by atoms with Crippen LogP contribution < -0.4 is 14.8 Å². The van der Waals surface area contributed by atoms with Gasteiger partial charge in [-0.2, -0.15) is 0 Å². The third-order valence-electron chi connectivity index (χ3n) is 4.07. The molecule has 1 fully saturated rings. The molecule has 27 heavy (non-hydrogen) atoms. The number of nitrogens with one attached hydrogen (secondary N) is 1. The molecule has 8 nitrogen and oxygen atoms in total. The smallest absolute Gasteiger partial charge is 0.257 e. The third kappa shape index (κ3) is 6.50. The van der Waals surface area contributed by atoms with E-state index < -0.39 is 0 Å². The second kappa shape index (κ2) is 11.5. The Hall–Kier alpha value is -2.16. The summed E-state index contributed by atoms with van der Waals surface area (Å²) in [5, 5.41) is 2.62. The fourth-order valence-electron chi connectivity index (χ4n) is 2.67. The number of ether oxygens (including phenoxy) is 5. The number of amides is 1. The third-order valence-corrected chi connectivity index (χ3v) is 4.07. The zero-order valence-electron chi connectivity index (χ0n) is 16.0. The van der Waals surface area contributed by atoms with Crippen LogP contribution in [-0.2, 0) is 14.2 Å². The molecule has 0 atom stereocenters. The highest BCUT2D eigenvalue weighted by molar-refractivity contribution is 6.02. The first-order valence-electron chi connectivity index (χ1n) is 9.00. The van der Waals surface area contributed by atoms with Crippen LogP contribution in [-0.4, -0.2) is 72.5 Å². The summed E-state index contributed by atoms with van der Waals surface area (Å²) in [6, 6.07) is 3.38. The fraction of sp³-hybridized carbons (Fsp3) is 0.579. The zero-order valence-corrected chi connectivity index (χ0v) is 16.0. The minimum atomic E-state index is -0.283. The largest absolute Gasteiger partial charge is 0.491 e. The molecule has 0 bridgehead atoms. The predicted molar refractivity (Wildman–Crippen MR) is 102 cm³/mol. The van der Waals surface area contributed by atoms with Gasteiger partial charge in [0.1, 0.15) is 29.8 Å². The van der Waals surface area contributed by atoms with Crippen LogP contribution in [0.5, 0.6) is 11.5 Å². The van der Waals surface area contributed by atoms with Crippen molar-refractivity contribution in [2.45, 2.75) is 18.9 Å². The minimum absolute atomic E-state index is 0.0209. The number of aliphatic imine (C=N–C) groups is 1. The van der Waals surface area contributed by atoms with Crippen molar-refractivity contribution in [1.29, 1.82) is 0 Å². The molecule has 0 aliphatic carbocycles. The molecule has 0 spiro atoms. The maximum Gasteiger partial charge on any atom is 0.257 e. The van der Waals surface area contributed by atoms with E-state index in [1.807, 2.05) is 0 Å². The first-order valence-corrected chi connectivity index (χ1v) is 9.00. The van der Waals surface area contributed by atoms with Crippen molar-refractivity contribution in [3.63, 3.8) is 0 Å². The van der Waals surface area contributed by atoms with Crippen LogP contribution in [0.4, 0.5) is 5.69 Å². The monoisotopic (exact) mass is 380 g/mol. The molecule has 0 unspecified atom stereocenters. The summed E-state index contributed by atoms with van der Waals surface area (Å²) < 4.78 is 27.5. The van der Waals surface area contributed by atoms with Crippen LogP contribution in [0.2, 0.25) is 0 Å².